The third kappa shape index (κ3) is 4.99. The van der Waals surface area contributed by atoms with Crippen molar-refractivity contribution in [2.75, 3.05) is 11.1 Å². The molecular weight excluding hydrogens is 376 g/mol. The largest absolute Gasteiger partial charge is 0.325 e. The number of amides is 1. The molecule has 0 saturated carbocycles. The van der Waals surface area contributed by atoms with Crippen LogP contribution in [0.2, 0.25) is 0 Å². The van der Waals surface area contributed by atoms with E-state index in [2.05, 4.69) is 52.3 Å². The molecule has 3 aromatic rings. The van der Waals surface area contributed by atoms with E-state index in [9.17, 15) is 4.79 Å². The number of aromatic nitrogens is 3. The van der Waals surface area contributed by atoms with Gasteiger partial charge >= 0.3 is 0 Å². The molecule has 142 valence electrons. The standard InChI is InChI=1S/C20H24N4OS2/c1-4-8-17-11-15(12-26-17)19-22-23-20(24(19)14(2)3)27-13-18(25)21-16-9-6-5-7-10-16/h5-7,9-12,14H,4,8,13H2,1-3H3,(H,21,25). The molecule has 0 atom stereocenters. The number of benzene rings is 1. The number of para-hydroxylation sites is 1. The number of carbonyl (C=O) groups excluding carboxylic acids is 1. The Bertz CT molecular complexity index is 887. The van der Waals surface area contributed by atoms with Gasteiger partial charge in [0.1, 0.15) is 0 Å². The van der Waals surface area contributed by atoms with E-state index < -0.39 is 0 Å². The van der Waals surface area contributed by atoms with Crippen molar-refractivity contribution in [2.24, 2.45) is 0 Å². The summed E-state index contributed by atoms with van der Waals surface area (Å²) < 4.78 is 2.11. The number of nitrogens with zero attached hydrogens (tertiary/aromatic N) is 3. The van der Waals surface area contributed by atoms with E-state index in [1.54, 1.807) is 11.3 Å². The zero-order chi connectivity index (χ0) is 19.2. The minimum atomic E-state index is -0.0492. The Morgan fingerprint density at radius 2 is 2.04 bits per heavy atom. The van der Waals surface area contributed by atoms with Crippen molar-refractivity contribution in [1.82, 2.24) is 14.8 Å². The number of hydrogen-bond donors (Lipinski definition) is 1. The van der Waals surface area contributed by atoms with Gasteiger partial charge in [0.25, 0.3) is 0 Å². The molecule has 2 heterocycles. The van der Waals surface area contributed by atoms with Gasteiger partial charge in [-0.25, -0.2) is 0 Å². The molecule has 27 heavy (non-hydrogen) atoms. The van der Waals surface area contributed by atoms with E-state index in [0.717, 1.165) is 35.1 Å². The highest BCUT2D eigenvalue weighted by Gasteiger charge is 2.18. The molecule has 3 rings (SSSR count). The summed E-state index contributed by atoms with van der Waals surface area (Å²) in [5, 5.41) is 14.6. The monoisotopic (exact) mass is 400 g/mol. The van der Waals surface area contributed by atoms with Gasteiger partial charge in [0.05, 0.1) is 5.75 Å². The van der Waals surface area contributed by atoms with Crippen LogP contribution in [0.5, 0.6) is 0 Å². The molecule has 0 spiro atoms. The van der Waals surface area contributed by atoms with Gasteiger partial charge in [0, 0.05) is 27.5 Å². The molecule has 5 nitrogen and oxygen atoms in total. The molecule has 0 radical (unpaired) electrons. The highest BCUT2D eigenvalue weighted by Crippen LogP contribution is 2.30. The van der Waals surface area contributed by atoms with E-state index >= 15 is 0 Å². The van der Waals surface area contributed by atoms with E-state index in [1.807, 2.05) is 30.3 Å². The molecule has 1 N–H and O–H groups in total. The van der Waals surface area contributed by atoms with Crippen LogP contribution in [0.1, 0.15) is 38.1 Å². The molecule has 2 aromatic heterocycles. The van der Waals surface area contributed by atoms with Crippen LogP contribution in [0.25, 0.3) is 11.4 Å². The topological polar surface area (TPSA) is 59.8 Å². The van der Waals surface area contributed by atoms with Crippen molar-refractivity contribution in [3.8, 4) is 11.4 Å². The quantitative estimate of drug-likeness (QED) is 0.523. The minimum Gasteiger partial charge on any atom is -0.325 e. The number of thioether (sulfide) groups is 1. The second kappa shape index (κ2) is 9.19. The van der Waals surface area contributed by atoms with Crippen LogP contribution in [0.4, 0.5) is 5.69 Å². The summed E-state index contributed by atoms with van der Waals surface area (Å²) in [6, 6.07) is 11.9. The Morgan fingerprint density at radius 1 is 1.26 bits per heavy atom. The molecule has 0 aliphatic rings. The van der Waals surface area contributed by atoms with Crippen molar-refractivity contribution < 1.29 is 4.79 Å². The summed E-state index contributed by atoms with van der Waals surface area (Å²) in [5.41, 5.74) is 1.90. The molecule has 0 fully saturated rings. The van der Waals surface area contributed by atoms with Crippen molar-refractivity contribution in [3.63, 3.8) is 0 Å². The maximum Gasteiger partial charge on any atom is 0.234 e. The fourth-order valence-corrected chi connectivity index (χ4v) is 4.60. The third-order valence-corrected chi connectivity index (χ3v) is 5.92. The summed E-state index contributed by atoms with van der Waals surface area (Å²) in [4.78, 5) is 13.6. The second-order valence-electron chi connectivity index (χ2n) is 6.52. The summed E-state index contributed by atoms with van der Waals surface area (Å²) >= 11 is 3.18. The lowest BCUT2D eigenvalue weighted by atomic mass is 10.2. The maximum atomic E-state index is 12.2. The Kier molecular flexibility index (Phi) is 6.68. The van der Waals surface area contributed by atoms with Gasteiger partial charge in [-0.2, -0.15) is 0 Å². The van der Waals surface area contributed by atoms with Gasteiger partial charge in [-0.05, 0) is 38.5 Å². The number of aryl methyl sites for hydroxylation is 1. The third-order valence-electron chi connectivity index (χ3n) is 3.98. The van der Waals surface area contributed by atoms with Gasteiger partial charge in [-0.1, -0.05) is 43.3 Å². The SMILES string of the molecule is CCCc1cc(-c2nnc(SCC(=O)Nc3ccccc3)n2C(C)C)cs1. The Morgan fingerprint density at radius 3 is 2.74 bits per heavy atom. The van der Waals surface area contributed by atoms with Gasteiger partial charge < -0.3 is 5.32 Å². The number of rotatable bonds is 8. The van der Waals surface area contributed by atoms with E-state index in [-0.39, 0.29) is 11.9 Å². The van der Waals surface area contributed by atoms with E-state index in [4.69, 9.17) is 0 Å². The fourth-order valence-electron chi connectivity index (χ4n) is 2.76. The van der Waals surface area contributed by atoms with E-state index in [0.29, 0.717) is 5.75 Å². The molecular formula is C20H24N4OS2. The summed E-state index contributed by atoms with van der Waals surface area (Å²) in [5.74, 6) is 1.12. The molecule has 0 bridgehead atoms. The van der Waals surface area contributed by atoms with Gasteiger partial charge in [0.15, 0.2) is 11.0 Å². The number of hydrogen-bond acceptors (Lipinski definition) is 5. The molecule has 0 aliphatic carbocycles. The van der Waals surface area contributed by atoms with Crippen LogP contribution in [0.3, 0.4) is 0 Å². The maximum absolute atomic E-state index is 12.2. The first-order chi connectivity index (χ1) is 13.1. The van der Waals surface area contributed by atoms with Gasteiger partial charge in [0.2, 0.25) is 5.91 Å². The zero-order valence-corrected chi connectivity index (χ0v) is 17.4. The Hall–Kier alpha value is -2.12. The van der Waals surface area contributed by atoms with Crippen LogP contribution < -0.4 is 5.32 Å². The minimum absolute atomic E-state index is 0.0492. The van der Waals surface area contributed by atoms with Crippen LogP contribution in [-0.2, 0) is 11.2 Å². The first-order valence-electron chi connectivity index (χ1n) is 9.08. The fraction of sp³-hybridized carbons (Fsp3) is 0.350. The summed E-state index contributed by atoms with van der Waals surface area (Å²) in [7, 11) is 0. The zero-order valence-electron chi connectivity index (χ0n) is 15.8. The molecule has 7 heteroatoms. The lowest BCUT2D eigenvalue weighted by molar-refractivity contribution is -0.113. The van der Waals surface area contributed by atoms with Crippen LogP contribution >= 0.6 is 23.1 Å². The molecule has 0 unspecified atom stereocenters. The number of thiophene rings is 1. The highest BCUT2D eigenvalue weighted by molar-refractivity contribution is 7.99. The van der Waals surface area contributed by atoms with Crippen molar-refractivity contribution in [3.05, 3.63) is 46.7 Å². The summed E-state index contributed by atoms with van der Waals surface area (Å²) in [6.45, 7) is 6.41. The smallest absolute Gasteiger partial charge is 0.234 e. The predicted octanol–water partition coefficient (Wildman–Crippen LogP) is 5.27. The van der Waals surface area contributed by atoms with Gasteiger partial charge in [-0.15, -0.1) is 21.5 Å². The first kappa shape index (κ1) is 19.6. The van der Waals surface area contributed by atoms with E-state index in [1.165, 1.54) is 16.6 Å². The number of anilines is 1. The molecule has 0 saturated heterocycles. The normalized spacial score (nSPS) is 11.1. The van der Waals surface area contributed by atoms with Crippen molar-refractivity contribution >= 4 is 34.7 Å². The van der Waals surface area contributed by atoms with Crippen LogP contribution in [0, 0.1) is 0 Å². The second-order valence-corrected chi connectivity index (χ2v) is 8.46. The van der Waals surface area contributed by atoms with Crippen molar-refractivity contribution in [2.45, 2.75) is 44.8 Å². The lowest BCUT2D eigenvalue weighted by Crippen LogP contribution is -2.14. The lowest BCUT2D eigenvalue weighted by Gasteiger charge is -2.13. The average molecular weight is 401 g/mol. The number of nitrogens with one attached hydrogen (secondary N) is 1. The van der Waals surface area contributed by atoms with Crippen LogP contribution in [-0.4, -0.2) is 26.4 Å². The predicted molar refractivity (Wildman–Crippen MR) is 114 cm³/mol. The van der Waals surface area contributed by atoms with Crippen LogP contribution in [0.15, 0.2) is 46.9 Å². The summed E-state index contributed by atoms with van der Waals surface area (Å²) in [6.07, 6.45) is 2.22. The molecule has 1 amide bonds. The van der Waals surface area contributed by atoms with Gasteiger partial charge in [-0.3, -0.25) is 9.36 Å². The molecule has 0 aliphatic heterocycles. The molecule has 1 aromatic carbocycles. The Balaban J connectivity index is 1.72. The first-order valence-corrected chi connectivity index (χ1v) is 11.0. The number of carbonyl (C=O) groups is 1. The van der Waals surface area contributed by atoms with Crippen molar-refractivity contribution in [1.29, 1.82) is 0 Å². The average Bonchev–Trinajstić information content (AvgIpc) is 3.27. The Labute approximate surface area is 168 Å². The highest BCUT2D eigenvalue weighted by atomic mass is 32.2.